The molecular weight excluding hydrogens is 317 g/mol. The third-order valence-electron chi connectivity index (χ3n) is 5.01. The molecule has 0 N–H and O–H groups in total. The van der Waals surface area contributed by atoms with E-state index in [1.54, 1.807) is 14.2 Å². The van der Waals surface area contributed by atoms with Gasteiger partial charge in [0, 0.05) is 24.6 Å². The Balaban J connectivity index is 1.66. The first-order valence-electron chi connectivity index (χ1n) is 8.89. The number of hydrogen-bond donors (Lipinski definition) is 0. The Kier molecular flexibility index (Phi) is 5.92. The number of piperidine rings is 1. The monoisotopic (exact) mass is 343 g/mol. The van der Waals surface area contributed by atoms with E-state index >= 15 is 0 Å². The number of ether oxygens (including phenoxy) is 2. The fraction of sp³-hybridized carbons (Fsp3) is 0.429. The zero-order valence-electron chi connectivity index (χ0n) is 15.0. The van der Waals surface area contributed by atoms with Crippen molar-refractivity contribution < 1.29 is 13.9 Å². The maximum Gasteiger partial charge on any atom is 0.164 e. The van der Waals surface area contributed by atoms with Crippen LogP contribution in [0.1, 0.15) is 29.9 Å². The number of benzene rings is 2. The average Bonchev–Trinajstić information content (AvgIpc) is 2.67. The van der Waals surface area contributed by atoms with E-state index in [-0.39, 0.29) is 5.82 Å². The van der Waals surface area contributed by atoms with E-state index in [0.717, 1.165) is 44.0 Å². The van der Waals surface area contributed by atoms with Gasteiger partial charge in [-0.2, -0.15) is 0 Å². The highest BCUT2D eigenvalue weighted by molar-refractivity contribution is 5.48. The number of methoxy groups -OCH3 is 2. The molecule has 1 fully saturated rings. The topological polar surface area (TPSA) is 21.7 Å². The summed E-state index contributed by atoms with van der Waals surface area (Å²) in [5.74, 6) is 1.93. The summed E-state index contributed by atoms with van der Waals surface area (Å²) in [5, 5.41) is 0. The molecule has 1 aliphatic heterocycles. The van der Waals surface area contributed by atoms with Crippen LogP contribution in [0.4, 0.5) is 4.39 Å². The molecule has 1 aliphatic rings. The van der Waals surface area contributed by atoms with Crippen LogP contribution in [-0.2, 0) is 6.42 Å². The Hall–Kier alpha value is -2.07. The molecule has 25 heavy (non-hydrogen) atoms. The highest BCUT2D eigenvalue weighted by Crippen LogP contribution is 2.38. The van der Waals surface area contributed by atoms with Gasteiger partial charge < -0.3 is 14.4 Å². The summed E-state index contributed by atoms with van der Waals surface area (Å²) in [7, 11) is 3.38. The molecule has 1 saturated heterocycles. The number of para-hydroxylation sites is 1. The molecule has 2 aromatic rings. The fourth-order valence-electron chi connectivity index (χ4n) is 3.68. The van der Waals surface area contributed by atoms with Gasteiger partial charge in [-0.3, -0.25) is 0 Å². The number of likely N-dealkylation sites (tertiary alicyclic amines) is 1. The minimum atomic E-state index is -0.174. The Morgan fingerprint density at radius 3 is 2.60 bits per heavy atom. The van der Waals surface area contributed by atoms with E-state index < -0.39 is 0 Å². The molecule has 2 aromatic carbocycles. The Bertz CT molecular complexity index is 687. The van der Waals surface area contributed by atoms with Crippen molar-refractivity contribution in [2.24, 2.45) is 0 Å². The van der Waals surface area contributed by atoms with E-state index in [1.807, 2.05) is 24.3 Å². The van der Waals surface area contributed by atoms with Gasteiger partial charge in [-0.1, -0.05) is 24.3 Å². The summed E-state index contributed by atoms with van der Waals surface area (Å²) < 4.78 is 24.1. The predicted molar refractivity (Wildman–Crippen MR) is 98.1 cm³/mol. The first-order valence-corrected chi connectivity index (χ1v) is 8.89. The molecule has 0 aliphatic carbocycles. The summed E-state index contributed by atoms with van der Waals surface area (Å²) >= 11 is 0. The van der Waals surface area contributed by atoms with Crippen molar-refractivity contribution >= 4 is 0 Å². The van der Waals surface area contributed by atoms with Gasteiger partial charge in [-0.15, -0.1) is 0 Å². The molecule has 0 saturated carbocycles. The van der Waals surface area contributed by atoms with Gasteiger partial charge in [0.05, 0.1) is 14.2 Å². The van der Waals surface area contributed by atoms with E-state index in [1.165, 1.54) is 29.7 Å². The zero-order valence-corrected chi connectivity index (χ0v) is 15.0. The van der Waals surface area contributed by atoms with Gasteiger partial charge in [-0.25, -0.2) is 4.39 Å². The van der Waals surface area contributed by atoms with Crippen LogP contribution in [0.15, 0.2) is 42.5 Å². The molecule has 0 aromatic heterocycles. The van der Waals surface area contributed by atoms with Crippen molar-refractivity contribution in [1.29, 1.82) is 0 Å². The highest BCUT2D eigenvalue weighted by Gasteiger charge is 2.25. The molecule has 3 rings (SSSR count). The van der Waals surface area contributed by atoms with Crippen LogP contribution in [0.3, 0.4) is 0 Å². The third-order valence-corrected chi connectivity index (χ3v) is 5.01. The molecule has 0 amide bonds. The summed E-state index contributed by atoms with van der Waals surface area (Å²) in [4.78, 5) is 2.50. The number of halogens is 1. The van der Waals surface area contributed by atoms with Crippen molar-refractivity contribution in [3.05, 3.63) is 59.4 Å². The smallest absolute Gasteiger partial charge is 0.164 e. The Morgan fingerprint density at radius 1 is 1.08 bits per heavy atom. The standard InChI is InChI=1S/C21H26FNO2/c1-24-20-7-3-6-19(21(20)25-2)17-5-4-13-23(15-17)14-12-16-8-10-18(22)11-9-16/h3,6-11,17H,4-5,12-15H2,1-2H3. The van der Waals surface area contributed by atoms with Crippen LogP contribution < -0.4 is 9.47 Å². The van der Waals surface area contributed by atoms with Gasteiger partial charge in [0.1, 0.15) is 5.82 Å². The Morgan fingerprint density at radius 2 is 1.88 bits per heavy atom. The second-order valence-electron chi connectivity index (χ2n) is 6.60. The SMILES string of the molecule is COc1cccc(C2CCCN(CCc3ccc(F)cc3)C2)c1OC. The zero-order chi connectivity index (χ0) is 17.6. The van der Waals surface area contributed by atoms with Crippen LogP contribution in [0.5, 0.6) is 11.5 Å². The van der Waals surface area contributed by atoms with Gasteiger partial charge in [-0.05, 0) is 49.6 Å². The van der Waals surface area contributed by atoms with E-state index in [2.05, 4.69) is 11.0 Å². The summed E-state index contributed by atoms with van der Waals surface area (Å²) in [6.07, 6.45) is 3.28. The Labute approximate surface area is 149 Å². The van der Waals surface area contributed by atoms with E-state index in [4.69, 9.17) is 9.47 Å². The molecule has 1 heterocycles. The lowest BCUT2D eigenvalue weighted by atomic mass is 9.89. The molecule has 134 valence electrons. The molecule has 3 nitrogen and oxygen atoms in total. The molecule has 0 bridgehead atoms. The lowest BCUT2D eigenvalue weighted by Gasteiger charge is -2.33. The third kappa shape index (κ3) is 4.31. The van der Waals surface area contributed by atoms with Crippen LogP contribution in [0, 0.1) is 5.82 Å². The van der Waals surface area contributed by atoms with E-state index in [9.17, 15) is 4.39 Å². The maximum absolute atomic E-state index is 13.0. The molecule has 1 unspecified atom stereocenters. The maximum atomic E-state index is 13.0. The molecule has 4 heteroatoms. The van der Waals surface area contributed by atoms with Crippen LogP contribution in [0.25, 0.3) is 0 Å². The lowest BCUT2D eigenvalue weighted by Crippen LogP contribution is -2.35. The van der Waals surface area contributed by atoms with Crippen LogP contribution in [-0.4, -0.2) is 38.8 Å². The second-order valence-corrected chi connectivity index (χ2v) is 6.60. The predicted octanol–water partition coefficient (Wildman–Crippen LogP) is 4.27. The first-order chi connectivity index (χ1) is 12.2. The summed E-state index contributed by atoms with van der Waals surface area (Å²) in [6, 6.07) is 13.0. The quantitative estimate of drug-likeness (QED) is 0.782. The molecule has 0 spiro atoms. The molecule has 1 atom stereocenters. The highest BCUT2D eigenvalue weighted by atomic mass is 19.1. The van der Waals surface area contributed by atoms with Gasteiger partial charge in [0.25, 0.3) is 0 Å². The van der Waals surface area contributed by atoms with Crippen molar-refractivity contribution in [2.45, 2.75) is 25.2 Å². The van der Waals surface area contributed by atoms with Gasteiger partial charge in [0.15, 0.2) is 11.5 Å². The summed E-state index contributed by atoms with van der Waals surface area (Å²) in [6.45, 7) is 3.13. The minimum Gasteiger partial charge on any atom is -0.493 e. The van der Waals surface area contributed by atoms with Gasteiger partial charge >= 0.3 is 0 Å². The van der Waals surface area contributed by atoms with Crippen molar-refractivity contribution in [2.75, 3.05) is 33.9 Å². The molecule has 0 radical (unpaired) electrons. The lowest BCUT2D eigenvalue weighted by molar-refractivity contribution is 0.207. The average molecular weight is 343 g/mol. The van der Waals surface area contributed by atoms with Crippen molar-refractivity contribution in [1.82, 2.24) is 4.90 Å². The largest absolute Gasteiger partial charge is 0.493 e. The summed E-state index contributed by atoms with van der Waals surface area (Å²) in [5.41, 5.74) is 2.41. The number of nitrogens with zero attached hydrogens (tertiary/aromatic N) is 1. The fourth-order valence-corrected chi connectivity index (χ4v) is 3.68. The molecular formula is C21H26FNO2. The van der Waals surface area contributed by atoms with Crippen LogP contribution in [0.2, 0.25) is 0 Å². The number of rotatable bonds is 6. The first kappa shape index (κ1) is 17.7. The van der Waals surface area contributed by atoms with Crippen LogP contribution >= 0.6 is 0 Å². The van der Waals surface area contributed by atoms with Gasteiger partial charge in [0.2, 0.25) is 0 Å². The van der Waals surface area contributed by atoms with E-state index in [0.29, 0.717) is 5.92 Å². The minimum absolute atomic E-state index is 0.174. The second kappa shape index (κ2) is 8.34. The number of hydrogen-bond acceptors (Lipinski definition) is 3. The normalized spacial score (nSPS) is 18.1. The van der Waals surface area contributed by atoms with Crippen molar-refractivity contribution in [3.8, 4) is 11.5 Å². The van der Waals surface area contributed by atoms with Crippen molar-refractivity contribution in [3.63, 3.8) is 0 Å².